The van der Waals surface area contributed by atoms with Crippen LogP contribution in [-0.4, -0.2) is 28.7 Å². The molecule has 5 heteroatoms. The Labute approximate surface area is 89.6 Å². The molecule has 0 bridgehead atoms. The van der Waals surface area contributed by atoms with Crippen LogP contribution in [0.25, 0.3) is 0 Å². The molecule has 0 saturated heterocycles. The molecule has 0 aliphatic carbocycles. The Morgan fingerprint density at radius 2 is 2.33 bits per heavy atom. The summed E-state index contributed by atoms with van der Waals surface area (Å²) < 4.78 is 0. The molecule has 1 aromatic heterocycles. The van der Waals surface area contributed by atoms with Crippen molar-refractivity contribution in [1.82, 2.24) is 20.8 Å². The second kappa shape index (κ2) is 5.50. The molecule has 0 fully saturated rings. The summed E-state index contributed by atoms with van der Waals surface area (Å²) >= 11 is 0. The van der Waals surface area contributed by atoms with E-state index in [1.165, 1.54) is 0 Å². The van der Waals surface area contributed by atoms with Crippen LogP contribution in [0.3, 0.4) is 0 Å². The summed E-state index contributed by atoms with van der Waals surface area (Å²) in [5.74, 6) is 0.0196. The molecule has 0 radical (unpaired) electrons. The van der Waals surface area contributed by atoms with Gasteiger partial charge in [0, 0.05) is 23.8 Å². The number of H-pyrrole nitrogens is 1. The van der Waals surface area contributed by atoms with Crippen LogP contribution in [0.4, 0.5) is 0 Å². The monoisotopic (exact) mass is 210 g/mol. The van der Waals surface area contributed by atoms with Gasteiger partial charge in [-0.05, 0) is 20.8 Å². The fourth-order valence-electron chi connectivity index (χ4n) is 1.24. The van der Waals surface area contributed by atoms with E-state index in [0.29, 0.717) is 13.1 Å². The lowest BCUT2D eigenvalue weighted by atomic mass is 10.2. The molecule has 5 nitrogen and oxygen atoms in total. The zero-order valence-corrected chi connectivity index (χ0v) is 9.42. The van der Waals surface area contributed by atoms with Crippen LogP contribution in [-0.2, 0) is 11.3 Å². The molecule has 0 atom stereocenters. The Balaban J connectivity index is 2.22. The summed E-state index contributed by atoms with van der Waals surface area (Å²) in [7, 11) is 0. The van der Waals surface area contributed by atoms with Crippen molar-refractivity contribution in [3.63, 3.8) is 0 Å². The minimum absolute atomic E-state index is 0.0196. The first kappa shape index (κ1) is 11.7. The number of nitrogens with one attached hydrogen (secondary N) is 3. The first-order chi connectivity index (χ1) is 7.09. The minimum Gasteiger partial charge on any atom is -0.353 e. The zero-order valence-electron chi connectivity index (χ0n) is 9.42. The van der Waals surface area contributed by atoms with Gasteiger partial charge in [-0.25, -0.2) is 0 Å². The van der Waals surface area contributed by atoms with Gasteiger partial charge in [-0.15, -0.1) is 0 Å². The van der Waals surface area contributed by atoms with Gasteiger partial charge >= 0.3 is 0 Å². The molecule has 1 amide bonds. The molecule has 0 aliphatic heterocycles. The quantitative estimate of drug-likeness (QED) is 0.656. The highest BCUT2D eigenvalue weighted by molar-refractivity contribution is 5.78. The molecule has 1 rings (SSSR count). The Morgan fingerprint density at radius 3 is 2.87 bits per heavy atom. The predicted octanol–water partition coefficient (Wildman–Crippen LogP) is 0.332. The molecule has 0 spiro atoms. The number of aromatic nitrogens is 2. The van der Waals surface area contributed by atoms with E-state index in [-0.39, 0.29) is 11.9 Å². The fraction of sp³-hybridized carbons (Fsp3) is 0.600. The first-order valence-electron chi connectivity index (χ1n) is 5.08. The molecule has 15 heavy (non-hydrogen) atoms. The maximum absolute atomic E-state index is 11.3. The lowest BCUT2D eigenvalue weighted by Crippen LogP contribution is -2.37. The van der Waals surface area contributed by atoms with Crippen molar-refractivity contribution in [2.75, 3.05) is 6.54 Å². The van der Waals surface area contributed by atoms with Crippen LogP contribution in [0.15, 0.2) is 6.20 Å². The lowest BCUT2D eigenvalue weighted by molar-refractivity contribution is -0.120. The first-order valence-corrected chi connectivity index (χ1v) is 5.08. The fourth-order valence-corrected chi connectivity index (χ4v) is 1.24. The van der Waals surface area contributed by atoms with E-state index in [9.17, 15) is 4.79 Å². The van der Waals surface area contributed by atoms with Crippen LogP contribution in [0.1, 0.15) is 25.1 Å². The van der Waals surface area contributed by atoms with Gasteiger partial charge in [0.05, 0.1) is 12.7 Å². The molecular formula is C10H18N4O. The van der Waals surface area contributed by atoms with Gasteiger partial charge in [0.25, 0.3) is 0 Å². The van der Waals surface area contributed by atoms with E-state index < -0.39 is 0 Å². The average molecular weight is 210 g/mol. The topological polar surface area (TPSA) is 69.8 Å². The molecular weight excluding hydrogens is 192 g/mol. The summed E-state index contributed by atoms with van der Waals surface area (Å²) in [4.78, 5) is 11.3. The number of amides is 1. The molecule has 84 valence electrons. The Morgan fingerprint density at radius 1 is 1.60 bits per heavy atom. The maximum atomic E-state index is 11.3. The number of hydrogen-bond donors (Lipinski definition) is 3. The van der Waals surface area contributed by atoms with E-state index in [4.69, 9.17) is 0 Å². The van der Waals surface area contributed by atoms with Crippen molar-refractivity contribution in [2.45, 2.75) is 33.4 Å². The number of aryl methyl sites for hydroxylation is 1. The van der Waals surface area contributed by atoms with Crippen molar-refractivity contribution in [3.05, 3.63) is 17.5 Å². The maximum Gasteiger partial charge on any atom is 0.234 e. The van der Waals surface area contributed by atoms with Crippen molar-refractivity contribution in [3.8, 4) is 0 Å². The number of carbonyl (C=O) groups is 1. The van der Waals surface area contributed by atoms with Gasteiger partial charge < -0.3 is 10.6 Å². The van der Waals surface area contributed by atoms with Gasteiger partial charge in [0.1, 0.15) is 0 Å². The van der Waals surface area contributed by atoms with E-state index in [1.807, 2.05) is 20.8 Å². The predicted molar refractivity (Wildman–Crippen MR) is 58.3 cm³/mol. The summed E-state index contributed by atoms with van der Waals surface area (Å²) in [5.41, 5.74) is 2.12. The van der Waals surface area contributed by atoms with Gasteiger partial charge in [-0.2, -0.15) is 5.10 Å². The number of hydrogen-bond acceptors (Lipinski definition) is 3. The third-order valence-electron chi connectivity index (χ3n) is 1.98. The highest BCUT2D eigenvalue weighted by Crippen LogP contribution is 2.00. The normalized spacial score (nSPS) is 10.7. The molecule has 1 aromatic rings. The third kappa shape index (κ3) is 4.12. The van der Waals surface area contributed by atoms with E-state index in [1.54, 1.807) is 6.20 Å². The molecule has 0 aromatic carbocycles. The van der Waals surface area contributed by atoms with Crippen molar-refractivity contribution >= 4 is 5.91 Å². The summed E-state index contributed by atoms with van der Waals surface area (Å²) in [6, 6.07) is 0.190. The molecule has 3 N–H and O–H groups in total. The minimum atomic E-state index is 0.0196. The second-order valence-corrected chi connectivity index (χ2v) is 3.85. The van der Waals surface area contributed by atoms with Crippen LogP contribution in [0.2, 0.25) is 0 Å². The number of rotatable bonds is 5. The average Bonchev–Trinajstić information content (AvgIpc) is 2.50. The molecule has 0 saturated carbocycles. The number of carbonyl (C=O) groups excluding carboxylic acids is 1. The molecule has 1 heterocycles. The van der Waals surface area contributed by atoms with Crippen molar-refractivity contribution in [2.24, 2.45) is 0 Å². The Bertz CT molecular complexity index is 319. The van der Waals surface area contributed by atoms with E-state index in [2.05, 4.69) is 20.8 Å². The molecule has 0 unspecified atom stereocenters. The Kier molecular flexibility index (Phi) is 4.30. The van der Waals surface area contributed by atoms with Gasteiger partial charge in [-0.1, -0.05) is 0 Å². The van der Waals surface area contributed by atoms with Crippen LogP contribution in [0, 0.1) is 6.92 Å². The van der Waals surface area contributed by atoms with Gasteiger partial charge in [0.2, 0.25) is 5.91 Å². The summed E-state index contributed by atoms with van der Waals surface area (Å²) in [6.07, 6.45) is 1.77. The van der Waals surface area contributed by atoms with Crippen LogP contribution < -0.4 is 10.6 Å². The zero-order chi connectivity index (χ0) is 11.3. The van der Waals surface area contributed by atoms with E-state index in [0.717, 1.165) is 11.3 Å². The highest BCUT2D eigenvalue weighted by Gasteiger charge is 2.03. The van der Waals surface area contributed by atoms with Gasteiger partial charge in [0.15, 0.2) is 0 Å². The molecule has 0 aliphatic rings. The largest absolute Gasteiger partial charge is 0.353 e. The third-order valence-corrected chi connectivity index (χ3v) is 1.98. The lowest BCUT2D eigenvalue weighted by Gasteiger charge is -2.08. The van der Waals surface area contributed by atoms with Gasteiger partial charge in [-0.3, -0.25) is 9.89 Å². The van der Waals surface area contributed by atoms with Crippen LogP contribution >= 0.6 is 0 Å². The highest BCUT2D eigenvalue weighted by atomic mass is 16.1. The standard InChI is InChI=1S/C10H18N4O/c1-7(2)13-10(15)6-11-4-9-5-12-14-8(9)3/h5,7,11H,4,6H2,1-3H3,(H,12,14)(H,13,15). The summed E-state index contributed by atoms with van der Waals surface area (Å²) in [5, 5.41) is 12.6. The number of aromatic amines is 1. The van der Waals surface area contributed by atoms with Crippen molar-refractivity contribution in [1.29, 1.82) is 0 Å². The second-order valence-electron chi connectivity index (χ2n) is 3.85. The summed E-state index contributed by atoms with van der Waals surface area (Å²) in [6.45, 7) is 6.84. The van der Waals surface area contributed by atoms with Crippen LogP contribution in [0.5, 0.6) is 0 Å². The number of nitrogens with zero attached hydrogens (tertiary/aromatic N) is 1. The smallest absolute Gasteiger partial charge is 0.234 e. The SMILES string of the molecule is Cc1[nH]ncc1CNCC(=O)NC(C)C. The Hall–Kier alpha value is -1.36. The van der Waals surface area contributed by atoms with E-state index >= 15 is 0 Å². The van der Waals surface area contributed by atoms with Crippen molar-refractivity contribution < 1.29 is 4.79 Å².